The van der Waals surface area contributed by atoms with E-state index in [-0.39, 0.29) is 12.0 Å². The number of carbonyl (C=O) groups excluding carboxylic acids is 1. The van der Waals surface area contributed by atoms with Gasteiger partial charge in [0.1, 0.15) is 5.82 Å². The van der Waals surface area contributed by atoms with Gasteiger partial charge in [-0.25, -0.2) is 4.98 Å². The fourth-order valence-corrected chi connectivity index (χ4v) is 5.92. The van der Waals surface area contributed by atoms with Gasteiger partial charge in [-0.05, 0) is 60.4 Å². The molecule has 2 fully saturated rings. The molecular formula is C27H34N4O2. The Balaban J connectivity index is 1.13. The first-order valence-corrected chi connectivity index (χ1v) is 12.6. The molecule has 0 N–H and O–H groups in total. The van der Waals surface area contributed by atoms with Crippen LogP contribution >= 0.6 is 0 Å². The van der Waals surface area contributed by atoms with Gasteiger partial charge in [-0.1, -0.05) is 24.6 Å². The Bertz CT molecular complexity index is 1050. The van der Waals surface area contributed by atoms with Crippen molar-refractivity contribution >= 4 is 11.7 Å². The van der Waals surface area contributed by atoms with Gasteiger partial charge in [0, 0.05) is 58.6 Å². The topological polar surface area (TPSA) is 48.9 Å². The smallest absolute Gasteiger partial charge is 0.256 e. The number of methoxy groups -OCH3 is 1. The zero-order valence-corrected chi connectivity index (χ0v) is 19.6. The summed E-state index contributed by atoms with van der Waals surface area (Å²) in [5.41, 5.74) is 6.06. The van der Waals surface area contributed by atoms with Crippen LogP contribution in [0.15, 0.2) is 30.5 Å². The Kier molecular flexibility index (Phi) is 5.59. The van der Waals surface area contributed by atoms with Crippen LogP contribution in [-0.4, -0.2) is 66.1 Å². The summed E-state index contributed by atoms with van der Waals surface area (Å²) in [7, 11) is 1.77. The number of benzene rings is 1. The molecule has 6 heteroatoms. The summed E-state index contributed by atoms with van der Waals surface area (Å²) in [5, 5.41) is 0. The number of ether oxygens (including phenoxy) is 1. The third-order valence-corrected chi connectivity index (χ3v) is 8.23. The Morgan fingerprint density at radius 3 is 2.64 bits per heavy atom. The number of aromatic nitrogens is 1. The van der Waals surface area contributed by atoms with E-state index in [9.17, 15) is 4.79 Å². The van der Waals surface area contributed by atoms with Crippen LogP contribution in [-0.2, 0) is 30.7 Å². The first-order valence-electron chi connectivity index (χ1n) is 12.6. The number of fused-ring (bicyclic) bond motifs is 2. The van der Waals surface area contributed by atoms with Crippen LogP contribution in [0.1, 0.15) is 58.3 Å². The lowest BCUT2D eigenvalue weighted by atomic mass is 9.91. The summed E-state index contributed by atoms with van der Waals surface area (Å²) in [4.78, 5) is 24.6. The predicted molar refractivity (Wildman–Crippen MR) is 129 cm³/mol. The molecule has 0 spiro atoms. The lowest BCUT2D eigenvalue weighted by Crippen LogP contribution is -2.41. The minimum absolute atomic E-state index is 0.103. The molecule has 4 aliphatic rings. The highest BCUT2D eigenvalue weighted by molar-refractivity contribution is 5.98. The lowest BCUT2D eigenvalue weighted by molar-refractivity contribution is 0.0766. The van der Waals surface area contributed by atoms with Gasteiger partial charge in [0.25, 0.3) is 5.91 Å². The molecule has 0 bridgehead atoms. The minimum Gasteiger partial charge on any atom is -0.380 e. The number of hydrogen-bond donors (Lipinski definition) is 0. The van der Waals surface area contributed by atoms with E-state index >= 15 is 0 Å². The third kappa shape index (κ3) is 4.04. The highest BCUT2D eigenvalue weighted by Gasteiger charge is 2.31. The summed E-state index contributed by atoms with van der Waals surface area (Å²) in [6.07, 6.45) is 9.49. The molecule has 2 aromatic rings. The van der Waals surface area contributed by atoms with Crippen molar-refractivity contribution in [2.24, 2.45) is 0 Å². The molecule has 174 valence electrons. The molecule has 1 atom stereocenters. The molecular weight excluding hydrogens is 412 g/mol. The summed E-state index contributed by atoms with van der Waals surface area (Å²) < 4.78 is 5.49. The summed E-state index contributed by atoms with van der Waals surface area (Å²) in [6.45, 7) is 5.51. The first kappa shape index (κ1) is 21.1. The van der Waals surface area contributed by atoms with Crippen LogP contribution in [0.25, 0.3) is 0 Å². The number of pyridine rings is 1. The van der Waals surface area contributed by atoms with E-state index in [0.717, 1.165) is 55.3 Å². The highest BCUT2D eigenvalue weighted by atomic mass is 16.5. The summed E-state index contributed by atoms with van der Waals surface area (Å²) in [6, 6.07) is 9.82. The van der Waals surface area contributed by atoms with Gasteiger partial charge in [0.05, 0.1) is 11.7 Å². The molecule has 1 saturated heterocycles. The maximum absolute atomic E-state index is 13.1. The van der Waals surface area contributed by atoms with E-state index in [1.54, 1.807) is 13.3 Å². The van der Waals surface area contributed by atoms with Gasteiger partial charge in [-0.15, -0.1) is 0 Å². The molecule has 1 saturated carbocycles. The van der Waals surface area contributed by atoms with Crippen LogP contribution in [0.5, 0.6) is 0 Å². The monoisotopic (exact) mass is 446 g/mol. The standard InChI is InChI=1S/C27H34N4O2/c1-33-24-9-12-30(18-24)26-14-22-17-31(27(32)25(22)15-28-26)16-19-5-6-20-7-10-29(23-3-2-4-23)11-8-21(20)13-19/h5-6,13-15,23-24H,2-4,7-12,16-18H2,1H3. The molecule has 3 aliphatic heterocycles. The van der Waals surface area contributed by atoms with Crippen LogP contribution in [0.4, 0.5) is 5.82 Å². The Hall–Kier alpha value is -2.44. The largest absolute Gasteiger partial charge is 0.380 e. The molecule has 0 radical (unpaired) electrons. The van der Waals surface area contributed by atoms with E-state index in [2.05, 4.69) is 39.0 Å². The third-order valence-electron chi connectivity index (χ3n) is 8.23. The van der Waals surface area contributed by atoms with Gasteiger partial charge >= 0.3 is 0 Å². The first-order chi connectivity index (χ1) is 16.2. The van der Waals surface area contributed by atoms with E-state index in [0.29, 0.717) is 13.1 Å². The molecule has 33 heavy (non-hydrogen) atoms. The molecule has 4 heterocycles. The summed E-state index contributed by atoms with van der Waals surface area (Å²) in [5.74, 6) is 1.07. The van der Waals surface area contributed by atoms with Crippen LogP contribution < -0.4 is 4.90 Å². The fraction of sp³-hybridized carbons (Fsp3) is 0.556. The highest BCUT2D eigenvalue weighted by Crippen LogP contribution is 2.30. The van der Waals surface area contributed by atoms with Crippen molar-refractivity contribution in [1.82, 2.24) is 14.8 Å². The van der Waals surface area contributed by atoms with Crippen molar-refractivity contribution < 1.29 is 9.53 Å². The molecule has 1 aliphatic carbocycles. The van der Waals surface area contributed by atoms with Crippen molar-refractivity contribution in [3.8, 4) is 0 Å². The predicted octanol–water partition coefficient (Wildman–Crippen LogP) is 3.42. The number of carbonyl (C=O) groups is 1. The Morgan fingerprint density at radius 1 is 1.03 bits per heavy atom. The van der Waals surface area contributed by atoms with Crippen molar-refractivity contribution in [3.63, 3.8) is 0 Å². The van der Waals surface area contributed by atoms with Crippen molar-refractivity contribution in [2.45, 2.75) is 63.8 Å². The fourth-order valence-electron chi connectivity index (χ4n) is 5.92. The molecule has 6 nitrogen and oxygen atoms in total. The van der Waals surface area contributed by atoms with Gasteiger partial charge in [0.15, 0.2) is 0 Å². The normalized spacial score (nSPS) is 23.4. The van der Waals surface area contributed by atoms with Gasteiger partial charge in [-0.2, -0.15) is 0 Å². The zero-order chi connectivity index (χ0) is 22.4. The van der Waals surface area contributed by atoms with Crippen molar-refractivity contribution in [1.29, 1.82) is 0 Å². The average molecular weight is 447 g/mol. The number of hydrogen-bond acceptors (Lipinski definition) is 5. The van der Waals surface area contributed by atoms with E-state index in [1.165, 1.54) is 49.0 Å². The van der Waals surface area contributed by atoms with Gasteiger partial charge in [0.2, 0.25) is 0 Å². The second-order valence-electron chi connectivity index (χ2n) is 10.2. The Morgan fingerprint density at radius 2 is 1.88 bits per heavy atom. The number of amides is 1. The van der Waals surface area contributed by atoms with Gasteiger partial charge < -0.3 is 14.5 Å². The van der Waals surface area contributed by atoms with E-state index in [4.69, 9.17) is 4.74 Å². The van der Waals surface area contributed by atoms with Crippen LogP contribution in [0, 0.1) is 0 Å². The minimum atomic E-state index is 0.103. The van der Waals surface area contributed by atoms with E-state index < -0.39 is 0 Å². The SMILES string of the molecule is COC1CCN(c2cc3c(cn2)C(=O)N(Cc2ccc4c(c2)CCN(C2CCC2)CC4)C3)C1. The summed E-state index contributed by atoms with van der Waals surface area (Å²) >= 11 is 0. The van der Waals surface area contributed by atoms with Crippen molar-refractivity contribution in [3.05, 3.63) is 58.3 Å². The maximum Gasteiger partial charge on any atom is 0.256 e. The molecule has 1 aromatic carbocycles. The molecule has 1 unspecified atom stereocenters. The number of anilines is 1. The second kappa shape index (κ2) is 8.73. The molecule has 1 aromatic heterocycles. The quantitative estimate of drug-likeness (QED) is 0.705. The zero-order valence-electron chi connectivity index (χ0n) is 19.6. The van der Waals surface area contributed by atoms with Crippen LogP contribution in [0.2, 0.25) is 0 Å². The van der Waals surface area contributed by atoms with Crippen molar-refractivity contribution in [2.75, 3.05) is 38.2 Å². The second-order valence-corrected chi connectivity index (χ2v) is 10.2. The lowest BCUT2D eigenvalue weighted by Gasteiger charge is -2.36. The maximum atomic E-state index is 13.1. The molecule has 1 amide bonds. The van der Waals surface area contributed by atoms with Gasteiger partial charge in [-0.3, -0.25) is 9.69 Å². The van der Waals surface area contributed by atoms with E-state index in [1.807, 2.05) is 4.90 Å². The molecule has 6 rings (SSSR count). The number of nitrogens with zero attached hydrogens (tertiary/aromatic N) is 4. The van der Waals surface area contributed by atoms with Crippen LogP contribution in [0.3, 0.4) is 0 Å². The Labute approximate surface area is 196 Å². The number of rotatable bonds is 5. The average Bonchev–Trinajstić information content (AvgIpc) is 3.33.